The molecule has 90 valence electrons. The van der Waals surface area contributed by atoms with Crippen LogP contribution in [0.15, 0.2) is 46.2 Å². The Labute approximate surface area is 112 Å². The molecule has 18 heavy (non-hydrogen) atoms. The number of halogens is 3. The fraction of sp³-hybridized carbons (Fsp3) is 0. The van der Waals surface area contributed by atoms with Crippen molar-refractivity contribution in [2.24, 2.45) is 0 Å². The first-order valence-corrected chi connectivity index (χ1v) is 6.12. The minimum Gasteiger partial charge on any atom is -0.207 e. The topological polar surface area (TPSA) is 23.8 Å². The van der Waals surface area contributed by atoms with Gasteiger partial charge in [-0.05, 0) is 36.4 Å². The first-order chi connectivity index (χ1) is 8.60. The molecule has 0 aliphatic carbocycles. The van der Waals surface area contributed by atoms with E-state index in [0.29, 0.717) is 15.5 Å². The zero-order valence-electron chi connectivity index (χ0n) is 8.95. The van der Waals surface area contributed by atoms with Gasteiger partial charge in [0.25, 0.3) is 0 Å². The van der Waals surface area contributed by atoms with E-state index in [2.05, 4.69) is 0 Å². The molecular formula is C13H6ClF2NS. The van der Waals surface area contributed by atoms with Crippen LogP contribution in [-0.4, -0.2) is 0 Å². The Morgan fingerprint density at radius 3 is 2.56 bits per heavy atom. The van der Waals surface area contributed by atoms with Crippen molar-refractivity contribution in [2.45, 2.75) is 9.79 Å². The lowest BCUT2D eigenvalue weighted by molar-refractivity contribution is 0.577. The molecule has 0 radical (unpaired) electrons. The molecule has 2 rings (SSSR count). The minimum atomic E-state index is -0.501. The SMILES string of the molecule is N#Cc1ccc(Sc2cc(F)ccc2F)cc1Cl. The molecule has 0 saturated heterocycles. The quantitative estimate of drug-likeness (QED) is 0.800. The predicted molar refractivity (Wildman–Crippen MR) is 66.6 cm³/mol. The summed E-state index contributed by atoms with van der Waals surface area (Å²) in [5.41, 5.74) is 0.348. The van der Waals surface area contributed by atoms with Gasteiger partial charge in [-0.25, -0.2) is 8.78 Å². The molecule has 0 heterocycles. The Morgan fingerprint density at radius 1 is 1.11 bits per heavy atom. The number of hydrogen-bond donors (Lipinski definition) is 0. The molecule has 0 amide bonds. The number of nitrogens with zero attached hydrogens (tertiary/aromatic N) is 1. The molecule has 0 atom stereocenters. The van der Waals surface area contributed by atoms with Gasteiger partial charge in [0.2, 0.25) is 0 Å². The second-order valence-corrected chi connectivity index (χ2v) is 4.95. The van der Waals surface area contributed by atoms with Crippen molar-refractivity contribution >= 4 is 23.4 Å². The molecule has 0 N–H and O–H groups in total. The van der Waals surface area contributed by atoms with Crippen LogP contribution in [0.5, 0.6) is 0 Å². The van der Waals surface area contributed by atoms with Gasteiger partial charge in [-0.2, -0.15) is 5.26 Å². The first-order valence-electron chi connectivity index (χ1n) is 4.92. The zero-order chi connectivity index (χ0) is 13.1. The Morgan fingerprint density at radius 2 is 1.89 bits per heavy atom. The molecule has 0 spiro atoms. The lowest BCUT2D eigenvalue weighted by Crippen LogP contribution is -1.84. The summed E-state index contributed by atoms with van der Waals surface area (Å²) in [5, 5.41) is 9.02. The van der Waals surface area contributed by atoms with Crippen LogP contribution in [-0.2, 0) is 0 Å². The molecule has 0 aromatic heterocycles. The van der Waals surface area contributed by atoms with Crippen LogP contribution in [0.1, 0.15) is 5.56 Å². The lowest BCUT2D eigenvalue weighted by Gasteiger charge is -2.04. The van der Waals surface area contributed by atoms with Crippen LogP contribution in [0.25, 0.3) is 0 Å². The second-order valence-electron chi connectivity index (χ2n) is 3.43. The van der Waals surface area contributed by atoms with Crippen molar-refractivity contribution in [3.05, 3.63) is 58.6 Å². The fourth-order valence-electron chi connectivity index (χ4n) is 1.33. The second kappa shape index (κ2) is 5.38. The summed E-state index contributed by atoms with van der Waals surface area (Å²) < 4.78 is 26.4. The average Bonchev–Trinajstić information content (AvgIpc) is 2.34. The molecule has 5 heteroatoms. The van der Waals surface area contributed by atoms with Gasteiger partial charge in [-0.1, -0.05) is 23.4 Å². The van der Waals surface area contributed by atoms with Crippen LogP contribution in [0.3, 0.4) is 0 Å². The van der Waals surface area contributed by atoms with Crippen molar-refractivity contribution < 1.29 is 8.78 Å². The number of rotatable bonds is 2. The van der Waals surface area contributed by atoms with Gasteiger partial charge in [0, 0.05) is 4.90 Å². The van der Waals surface area contributed by atoms with Crippen LogP contribution in [0.2, 0.25) is 5.02 Å². The summed E-state index contributed by atoms with van der Waals surface area (Å²) >= 11 is 6.92. The lowest BCUT2D eigenvalue weighted by atomic mass is 10.2. The van der Waals surface area contributed by atoms with Crippen molar-refractivity contribution in [1.29, 1.82) is 5.26 Å². The molecule has 0 aliphatic heterocycles. The summed E-state index contributed by atoms with van der Waals surface area (Å²) in [4.78, 5) is 0.819. The van der Waals surface area contributed by atoms with Gasteiger partial charge < -0.3 is 0 Å². The molecular weight excluding hydrogens is 276 g/mol. The minimum absolute atomic E-state index is 0.177. The average molecular weight is 282 g/mol. The summed E-state index contributed by atoms with van der Waals surface area (Å²) in [7, 11) is 0. The van der Waals surface area contributed by atoms with E-state index < -0.39 is 11.6 Å². The number of nitriles is 1. The highest BCUT2D eigenvalue weighted by Gasteiger charge is 2.07. The van der Waals surface area contributed by atoms with Gasteiger partial charge in [-0.15, -0.1) is 0 Å². The molecule has 0 fully saturated rings. The summed E-state index contributed by atoms with van der Waals surface area (Å²) in [6, 6.07) is 9.91. The molecule has 0 bridgehead atoms. The Balaban J connectivity index is 2.32. The summed E-state index contributed by atoms with van der Waals surface area (Å²) in [5.74, 6) is -1.000. The smallest absolute Gasteiger partial charge is 0.137 e. The Bertz CT molecular complexity index is 637. The van der Waals surface area contributed by atoms with Crippen molar-refractivity contribution in [3.63, 3.8) is 0 Å². The highest BCUT2D eigenvalue weighted by molar-refractivity contribution is 7.99. The largest absolute Gasteiger partial charge is 0.207 e. The summed E-state index contributed by atoms with van der Waals surface area (Å²) in [6.07, 6.45) is 0. The van der Waals surface area contributed by atoms with Gasteiger partial charge in [0.05, 0.1) is 15.5 Å². The van der Waals surface area contributed by atoms with Crippen LogP contribution in [0.4, 0.5) is 8.78 Å². The van der Waals surface area contributed by atoms with Crippen molar-refractivity contribution in [3.8, 4) is 6.07 Å². The number of hydrogen-bond acceptors (Lipinski definition) is 2. The Hall–Kier alpha value is -1.57. The van der Waals surface area contributed by atoms with E-state index in [-0.39, 0.29) is 4.90 Å². The maximum absolute atomic E-state index is 13.4. The van der Waals surface area contributed by atoms with Gasteiger partial charge in [0.15, 0.2) is 0 Å². The van der Waals surface area contributed by atoms with Crippen molar-refractivity contribution in [2.75, 3.05) is 0 Å². The normalized spacial score (nSPS) is 10.1. The first kappa shape index (κ1) is 12.9. The van der Waals surface area contributed by atoms with Gasteiger partial charge >= 0.3 is 0 Å². The molecule has 0 saturated carbocycles. The monoisotopic (exact) mass is 281 g/mol. The predicted octanol–water partition coefficient (Wildman–Crippen LogP) is 4.64. The third-order valence-corrected chi connectivity index (χ3v) is 3.52. The van der Waals surface area contributed by atoms with Crippen LogP contribution in [0, 0.1) is 23.0 Å². The van der Waals surface area contributed by atoms with E-state index in [9.17, 15) is 8.78 Å². The molecule has 0 unspecified atom stereocenters. The molecule has 2 aromatic carbocycles. The van der Waals surface area contributed by atoms with E-state index in [1.54, 1.807) is 18.2 Å². The van der Waals surface area contributed by atoms with Crippen LogP contribution < -0.4 is 0 Å². The maximum Gasteiger partial charge on any atom is 0.137 e. The maximum atomic E-state index is 13.4. The van der Waals surface area contributed by atoms with E-state index in [0.717, 1.165) is 30.0 Å². The molecule has 1 nitrogen and oxygen atoms in total. The highest BCUT2D eigenvalue weighted by atomic mass is 35.5. The molecule has 2 aromatic rings. The third kappa shape index (κ3) is 2.81. The van der Waals surface area contributed by atoms with Gasteiger partial charge in [0.1, 0.15) is 17.7 Å². The fourth-order valence-corrected chi connectivity index (χ4v) is 2.52. The summed E-state index contributed by atoms with van der Waals surface area (Å²) in [6.45, 7) is 0. The van der Waals surface area contributed by atoms with E-state index in [1.165, 1.54) is 0 Å². The van der Waals surface area contributed by atoms with Gasteiger partial charge in [-0.3, -0.25) is 0 Å². The highest BCUT2D eigenvalue weighted by Crippen LogP contribution is 2.32. The Kier molecular flexibility index (Phi) is 3.85. The molecule has 0 aliphatic rings. The van der Waals surface area contributed by atoms with E-state index in [4.69, 9.17) is 16.9 Å². The van der Waals surface area contributed by atoms with Crippen LogP contribution >= 0.6 is 23.4 Å². The zero-order valence-corrected chi connectivity index (χ0v) is 10.5. The third-order valence-electron chi connectivity index (χ3n) is 2.18. The van der Waals surface area contributed by atoms with Crippen molar-refractivity contribution in [1.82, 2.24) is 0 Å². The number of benzene rings is 2. The standard InChI is InChI=1S/C13H6ClF2NS/c14-11-6-10(3-1-8(11)7-17)18-13-5-9(15)2-4-12(13)16/h1-6H. The van der Waals surface area contributed by atoms with E-state index >= 15 is 0 Å². The van der Waals surface area contributed by atoms with E-state index in [1.807, 2.05) is 6.07 Å².